The van der Waals surface area contributed by atoms with E-state index in [0.717, 1.165) is 40.5 Å². The first-order valence-electron chi connectivity index (χ1n) is 8.67. The van der Waals surface area contributed by atoms with E-state index >= 15 is 0 Å². The summed E-state index contributed by atoms with van der Waals surface area (Å²) in [6.07, 6.45) is -2.49. The fourth-order valence-corrected chi connectivity index (χ4v) is 3.37. The van der Waals surface area contributed by atoms with Gasteiger partial charge in [0.2, 0.25) is 0 Å². The highest BCUT2D eigenvalue weighted by molar-refractivity contribution is 5.88. The van der Waals surface area contributed by atoms with Gasteiger partial charge in [-0.1, -0.05) is 60.7 Å². The lowest BCUT2D eigenvalue weighted by molar-refractivity contribution is -0.141. The predicted molar refractivity (Wildman–Crippen MR) is 100 cm³/mol. The molecule has 0 aromatic heterocycles. The van der Waals surface area contributed by atoms with Gasteiger partial charge >= 0.3 is 12.1 Å². The molecule has 0 saturated heterocycles. The third-order valence-corrected chi connectivity index (χ3v) is 4.64. The molecule has 3 aromatic carbocycles. The quantitative estimate of drug-likeness (QED) is 0.410. The van der Waals surface area contributed by atoms with E-state index in [2.05, 4.69) is 0 Å². The number of alkyl halides is 3. The van der Waals surface area contributed by atoms with E-state index in [1.54, 1.807) is 0 Å². The monoisotopic (exact) mass is 380 g/mol. The van der Waals surface area contributed by atoms with Crippen LogP contribution in [0, 0.1) is 0 Å². The van der Waals surface area contributed by atoms with E-state index < -0.39 is 23.8 Å². The zero-order valence-corrected chi connectivity index (χ0v) is 14.6. The molecule has 0 bridgehead atoms. The SMILES string of the molecule is O=C(/C=C/c1cccc(C(F)(F)F)c1)OC1c2ccccc2-c2ccccc21. The molecule has 0 heterocycles. The first-order chi connectivity index (χ1) is 13.4. The van der Waals surface area contributed by atoms with Crippen molar-refractivity contribution in [3.8, 4) is 11.1 Å². The van der Waals surface area contributed by atoms with Crippen molar-refractivity contribution >= 4 is 12.0 Å². The number of halogens is 3. The summed E-state index contributed by atoms with van der Waals surface area (Å²) < 4.78 is 44.0. The Bertz CT molecular complexity index is 1020. The van der Waals surface area contributed by atoms with E-state index in [9.17, 15) is 18.0 Å². The van der Waals surface area contributed by atoms with E-state index in [0.29, 0.717) is 0 Å². The van der Waals surface area contributed by atoms with Crippen molar-refractivity contribution in [2.45, 2.75) is 12.3 Å². The van der Waals surface area contributed by atoms with Crippen molar-refractivity contribution in [2.75, 3.05) is 0 Å². The lowest BCUT2D eigenvalue weighted by Crippen LogP contribution is -2.08. The molecule has 0 aliphatic heterocycles. The maximum atomic E-state index is 12.8. The van der Waals surface area contributed by atoms with E-state index in [1.165, 1.54) is 18.2 Å². The molecular formula is C23H15F3O2. The number of esters is 1. The predicted octanol–water partition coefficient (Wildman–Crippen LogP) is 6.03. The van der Waals surface area contributed by atoms with Gasteiger partial charge in [-0.05, 0) is 34.9 Å². The minimum absolute atomic E-state index is 0.277. The van der Waals surface area contributed by atoms with Crippen LogP contribution in [0.5, 0.6) is 0 Å². The van der Waals surface area contributed by atoms with Gasteiger partial charge in [-0.2, -0.15) is 13.2 Å². The van der Waals surface area contributed by atoms with Crippen LogP contribution in [0.15, 0.2) is 78.9 Å². The van der Waals surface area contributed by atoms with Gasteiger partial charge in [0.15, 0.2) is 6.10 Å². The van der Waals surface area contributed by atoms with Crippen LogP contribution < -0.4 is 0 Å². The van der Waals surface area contributed by atoms with Crippen LogP contribution in [-0.4, -0.2) is 5.97 Å². The van der Waals surface area contributed by atoms with Crippen molar-refractivity contribution in [1.82, 2.24) is 0 Å². The van der Waals surface area contributed by atoms with Crippen molar-refractivity contribution in [2.24, 2.45) is 0 Å². The van der Waals surface area contributed by atoms with Crippen LogP contribution in [0.4, 0.5) is 13.2 Å². The molecule has 5 heteroatoms. The lowest BCUT2D eigenvalue weighted by atomic mass is 10.1. The van der Waals surface area contributed by atoms with Crippen LogP contribution >= 0.6 is 0 Å². The second-order valence-electron chi connectivity index (χ2n) is 6.45. The number of benzene rings is 3. The van der Waals surface area contributed by atoms with E-state index in [4.69, 9.17) is 4.74 Å². The van der Waals surface area contributed by atoms with Crippen LogP contribution in [0.25, 0.3) is 17.2 Å². The van der Waals surface area contributed by atoms with Gasteiger partial charge in [0.05, 0.1) is 5.56 Å². The Kier molecular flexibility index (Phi) is 4.51. The number of carbonyl (C=O) groups is 1. The first kappa shape index (κ1) is 18.0. The molecule has 3 aromatic rings. The average Bonchev–Trinajstić information content (AvgIpc) is 3.00. The molecule has 0 spiro atoms. The van der Waals surface area contributed by atoms with Gasteiger partial charge in [-0.3, -0.25) is 0 Å². The highest BCUT2D eigenvalue weighted by Crippen LogP contribution is 2.45. The molecule has 0 unspecified atom stereocenters. The Balaban J connectivity index is 1.56. The highest BCUT2D eigenvalue weighted by Gasteiger charge is 2.31. The normalized spacial score (nSPS) is 13.4. The minimum atomic E-state index is -4.43. The molecule has 2 nitrogen and oxygen atoms in total. The average molecular weight is 380 g/mol. The topological polar surface area (TPSA) is 26.3 Å². The van der Waals surface area contributed by atoms with Gasteiger partial charge < -0.3 is 4.74 Å². The zero-order valence-electron chi connectivity index (χ0n) is 14.6. The summed E-state index contributed by atoms with van der Waals surface area (Å²) in [6, 6.07) is 20.1. The highest BCUT2D eigenvalue weighted by atomic mass is 19.4. The van der Waals surface area contributed by atoms with E-state index in [1.807, 2.05) is 48.5 Å². The standard InChI is InChI=1S/C23H15F3O2/c24-23(25,26)16-7-5-6-15(14-16)12-13-21(27)28-22-19-10-3-1-8-17(19)18-9-2-4-11-20(18)22/h1-14,22H/b13-12+. The van der Waals surface area contributed by atoms with Gasteiger partial charge in [0.25, 0.3) is 0 Å². The number of hydrogen-bond donors (Lipinski definition) is 0. The summed E-state index contributed by atoms with van der Waals surface area (Å²) >= 11 is 0. The van der Waals surface area contributed by atoms with E-state index in [-0.39, 0.29) is 5.56 Å². The molecule has 140 valence electrons. The summed E-state index contributed by atoms with van der Waals surface area (Å²) in [5.41, 5.74) is 3.32. The molecule has 4 rings (SSSR count). The zero-order chi connectivity index (χ0) is 19.7. The summed E-state index contributed by atoms with van der Waals surface area (Å²) in [7, 11) is 0. The number of rotatable bonds is 3. The van der Waals surface area contributed by atoms with Crippen molar-refractivity contribution in [3.05, 3.63) is 101 Å². The first-order valence-corrected chi connectivity index (χ1v) is 8.67. The number of fused-ring (bicyclic) bond motifs is 3. The van der Waals surface area contributed by atoms with Crippen LogP contribution in [-0.2, 0) is 15.7 Å². The molecular weight excluding hydrogens is 365 g/mol. The molecule has 0 saturated carbocycles. The molecule has 0 radical (unpaired) electrons. The molecule has 0 atom stereocenters. The number of hydrogen-bond acceptors (Lipinski definition) is 2. The Morgan fingerprint density at radius 1 is 0.857 bits per heavy atom. The third kappa shape index (κ3) is 3.43. The molecule has 0 fully saturated rings. The van der Waals surface area contributed by atoms with Crippen molar-refractivity contribution < 1.29 is 22.7 Å². The fourth-order valence-electron chi connectivity index (χ4n) is 3.37. The maximum Gasteiger partial charge on any atom is 0.416 e. The smallest absolute Gasteiger partial charge is 0.416 e. The Labute approximate surface area is 159 Å². The van der Waals surface area contributed by atoms with Gasteiger partial charge in [0, 0.05) is 17.2 Å². The minimum Gasteiger partial charge on any atom is -0.449 e. The fraction of sp³-hybridized carbons (Fsp3) is 0.0870. The second kappa shape index (κ2) is 7.00. The van der Waals surface area contributed by atoms with Crippen molar-refractivity contribution in [3.63, 3.8) is 0 Å². The molecule has 1 aliphatic carbocycles. The van der Waals surface area contributed by atoms with Crippen molar-refractivity contribution in [1.29, 1.82) is 0 Å². The van der Waals surface area contributed by atoms with Crippen LogP contribution in [0.1, 0.15) is 28.4 Å². The second-order valence-corrected chi connectivity index (χ2v) is 6.45. The van der Waals surface area contributed by atoms with Gasteiger partial charge in [-0.25, -0.2) is 4.79 Å². The summed E-state index contributed by atoms with van der Waals surface area (Å²) in [5.74, 6) is -0.617. The summed E-state index contributed by atoms with van der Waals surface area (Å²) in [4.78, 5) is 12.3. The molecule has 0 N–H and O–H groups in total. The Morgan fingerprint density at radius 3 is 2.07 bits per heavy atom. The molecule has 0 amide bonds. The molecule has 1 aliphatic rings. The van der Waals surface area contributed by atoms with Crippen LogP contribution in [0.3, 0.4) is 0 Å². The largest absolute Gasteiger partial charge is 0.449 e. The summed E-state index contributed by atoms with van der Waals surface area (Å²) in [5, 5.41) is 0. The van der Waals surface area contributed by atoms with Gasteiger partial charge in [-0.15, -0.1) is 0 Å². The Hall–Kier alpha value is -3.34. The maximum absolute atomic E-state index is 12.8. The van der Waals surface area contributed by atoms with Gasteiger partial charge in [0.1, 0.15) is 0 Å². The molecule has 28 heavy (non-hydrogen) atoms. The Morgan fingerprint density at radius 2 is 1.46 bits per heavy atom. The van der Waals surface area contributed by atoms with Crippen LogP contribution in [0.2, 0.25) is 0 Å². The third-order valence-electron chi connectivity index (χ3n) is 4.64. The number of carbonyl (C=O) groups excluding carboxylic acids is 1. The number of ether oxygens (including phenoxy) is 1. The summed E-state index contributed by atoms with van der Waals surface area (Å²) in [6.45, 7) is 0. The lowest BCUT2D eigenvalue weighted by Gasteiger charge is -2.13.